The van der Waals surface area contributed by atoms with Gasteiger partial charge in [-0.1, -0.05) is 77.1 Å². The molecule has 2 N–H and O–H groups in total. The molecule has 0 aliphatic carbocycles. The van der Waals surface area contributed by atoms with Gasteiger partial charge >= 0.3 is 5.97 Å². The van der Waals surface area contributed by atoms with Crippen LogP contribution in [0.5, 0.6) is 0 Å². The Hall–Kier alpha value is -3.50. The zero-order valence-electron chi connectivity index (χ0n) is 31.2. The third-order valence-corrected chi connectivity index (χ3v) is 10.4. The minimum Gasteiger partial charge on any atom is -0.455 e. The third kappa shape index (κ3) is 8.17. The number of nitrogens with zero attached hydrogens (tertiary/aromatic N) is 2. The molecule has 3 heterocycles. The molecule has 3 fully saturated rings. The Morgan fingerprint density at radius 1 is 1.14 bits per heavy atom. The van der Waals surface area contributed by atoms with Crippen LogP contribution in [-0.4, -0.2) is 87.6 Å². The second kappa shape index (κ2) is 15.8. The molecule has 0 aromatic heterocycles. The number of nitrogens with one attached hydrogen (secondary N) is 1. The molecule has 1 spiro atoms. The number of fused-ring (bicyclic) bond motifs is 1. The van der Waals surface area contributed by atoms with Gasteiger partial charge in [-0.05, 0) is 62.8 Å². The van der Waals surface area contributed by atoms with Crippen molar-refractivity contribution in [1.82, 2.24) is 15.1 Å². The Balaban J connectivity index is 1.73. The summed E-state index contributed by atoms with van der Waals surface area (Å²) in [4.78, 5) is 60.0. The Labute approximate surface area is 298 Å². The van der Waals surface area contributed by atoms with E-state index in [1.54, 1.807) is 22.0 Å². The Kier molecular flexibility index (Phi) is 12.4. The normalized spacial score (nSPS) is 25.6. The summed E-state index contributed by atoms with van der Waals surface area (Å²) >= 11 is 0. The Morgan fingerprint density at radius 3 is 2.40 bits per heavy atom. The number of esters is 1. The summed E-state index contributed by atoms with van der Waals surface area (Å²) in [6, 6.07) is 7.50. The average Bonchev–Trinajstić information content (AvgIpc) is 3.69. The van der Waals surface area contributed by atoms with Crippen LogP contribution >= 0.6 is 0 Å². The summed E-state index contributed by atoms with van der Waals surface area (Å²) in [6.07, 6.45) is 4.81. The van der Waals surface area contributed by atoms with Crippen LogP contribution in [0, 0.1) is 23.2 Å². The molecule has 4 rings (SSSR count). The number of amides is 3. The summed E-state index contributed by atoms with van der Waals surface area (Å²) in [5.74, 6) is -3.21. The fourth-order valence-corrected chi connectivity index (χ4v) is 8.80. The molecule has 0 unspecified atom stereocenters. The zero-order chi connectivity index (χ0) is 37.0. The largest absolute Gasteiger partial charge is 0.455 e. The van der Waals surface area contributed by atoms with E-state index in [4.69, 9.17) is 9.47 Å². The van der Waals surface area contributed by atoms with Crippen LogP contribution in [-0.2, 0) is 28.7 Å². The number of rotatable bonds is 17. The maximum Gasteiger partial charge on any atom is 0.313 e. The highest BCUT2D eigenvalue weighted by atomic mass is 16.6. The molecule has 3 aliphatic rings. The van der Waals surface area contributed by atoms with Crippen molar-refractivity contribution in [2.24, 2.45) is 23.2 Å². The van der Waals surface area contributed by atoms with Crippen LogP contribution in [0.15, 0.2) is 55.6 Å². The fourth-order valence-electron chi connectivity index (χ4n) is 8.80. The van der Waals surface area contributed by atoms with E-state index in [2.05, 4.69) is 39.2 Å². The smallest absolute Gasteiger partial charge is 0.313 e. The van der Waals surface area contributed by atoms with Crippen LogP contribution < -0.4 is 5.32 Å². The van der Waals surface area contributed by atoms with Crippen molar-refractivity contribution in [1.29, 1.82) is 0 Å². The van der Waals surface area contributed by atoms with E-state index >= 15 is 4.79 Å². The van der Waals surface area contributed by atoms with Gasteiger partial charge in [0.2, 0.25) is 17.7 Å². The predicted octanol–water partition coefficient (Wildman–Crippen LogP) is 5.36. The quantitative estimate of drug-likeness (QED) is 0.166. The first-order chi connectivity index (χ1) is 23.5. The van der Waals surface area contributed by atoms with Crippen LogP contribution in [0.2, 0.25) is 0 Å². The van der Waals surface area contributed by atoms with Gasteiger partial charge in [0.1, 0.15) is 17.7 Å². The van der Waals surface area contributed by atoms with Crippen molar-refractivity contribution in [3.63, 3.8) is 0 Å². The lowest BCUT2D eigenvalue weighted by Gasteiger charge is -2.46. The SMILES string of the molecule is C=CCCC(=O)NC[C@H](OC(=O)[C@@H]1[C@@H]2CC[C@]3(O2)[C@H](C(=O)N(CC=C)C(C)(C)CC(C)(C)C)N([C@@H](CO)CC(C)C)C(=O)[C@@H]13)c1ccccc1. The minimum absolute atomic E-state index is 0.0569. The topological polar surface area (TPSA) is 125 Å². The van der Waals surface area contributed by atoms with E-state index in [9.17, 15) is 19.5 Å². The molecule has 7 atom stereocenters. The summed E-state index contributed by atoms with van der Waals surface area (Å²) in [6.45, 7) is 22.1. The van der Waals surface area contributed by atoms with Crippen LogP contribution in [0.25, 0.3) is 0 Å². The Bertz CT molecular complexity index is 1400. The number of carbonyl (C=O) groups excluding carboxylic acids is 4. The van der Waals surface area contributed by atoms with Gasteiger partial charge in [-0.2, -0.15) is 0 Å². The summed E-state index contributed by atoms with van der Waals surface area (Å²) in [5.41, 5.74) is -1.26. The standard InChI is InChI=1S/C40H59N3O7/c1-10-12-18-31(45)41-23-30(27-16-14-13-15-17-27)49-37(48)32-29-19-20-40(50-29)33(32)35(46)43(28(24-44)22-26(3)4)34(40)36(47)42(21-11-2)39(8,9)25-38(5,6)7/h10-11,13-17,26,28-30,32-34,44H,1-2,12,18-25H2,3-9H3,(H,41,45)/t28-,29+,30+,32-,33-,34+,40-/m1/s1. The maximum atomic E-state index is 15.1. The number of aliphatic hydroxyl groups excluding tert-OH is 1. The molecule has 50 heavy (non-hydrogen) atoms. The summed E-state index contributed by atoms with van der Waals surface area (Å²) in [7, 11) is 0. The zero-order valence-corrected chi connectivity index (χ0v) is 31.2. The lowest BCUT2D eigenvalue weighted by atomic mass is 9.70. The molecule has 1 aromatic rings. The number of carbonyl (C=O) groups is 4. The van der Waals surface area contributed by atoms with Crippen molar-refractivity contribution in [2.45, 2.75) is 122 Å². The third-order valence-electron chi connectivity index (χ3n) is 10.4. The van der Waals surface area contributed by atoms with Crippen LogP contribution in [0.4, 0.5) is 0 Å². The molecular weight excluding hydrogens is 634 g/mol. The maximum absolute atomic E-state index is 15.1. The van der Waals surface area contributed by atoms with Gasteiger partial charge in [-0.3, -0.25) is 19.2 Å². The number of ether oxygens (including phenoxy) is 2. The molecule has 10 nitrogen and oxygen atoms in total. The number of aliphatic hydroxyl groups is 1. The number of allylic oxidation sites excluding steroid dienone is 1. The first-order valence-corrected chi connectivity index (χ1v) is 18.2. The lowest BCUT2D eigenvalue weighted by Crippen LogP contribution is -2.62. The second-order valence-corrected chi connectivity index (χ2v) is 16.5. The van der Waals surface area contributed by atoms with E-state index in [1.807, 2.05) is 58.0 Å². The van der Waals surface area contributed by atoms with Crippen LogP contribution in [0.1, 0.15) is 98.7 Å². The minimum atomic E-state index is -1.26. The molecule has 3 amide bonds. The van der Waals surface area contributed by atoms with E-state index in [0.717, 1.165) is 0 Å². The number of likely N-dealkylation sites (tertiary alicyclic amines) is 1. The Morgan fingerprint density at radius 2 is 1.82 bits per heavy atom. The van der Waals surface area contributed by atoms with E-state index in [-0.39, 0.29) is 55.2 Å². The van der Waals surface area contributed by atoms with Gasteiger partial charge in [0.15, 0.2) is 0 Å². The molecule has 0 radical (unpaired) electrons. The molecular formula is C40H59N3O7. The highest BCUT2D eigenvalue weighted by Gasteiger charge is 2.76. The van der Waals surface area contributed by atoms with Crippen molar-refractivity contribution < 1.29 is 33.8 Å². The average molecular weight is 694 g/mol. The van der Waals surface area contributed by atoms with Gasteiger partial charge in [-0.15, -0.1) is 13.2 Å². The molecule has 0 saturated carbocycles. The first-order valence-electron chi connectivity index (χ1n) is 18.2. The van der Waals surface area contributed by atoms with Gasteiger partial charge in [0.25, 0.3) is 0 Å². The molecule has 3 saturated heterocycles. The molecule has 1 aromatic carbocycles. The number of benzene rings is 1. The molecule has 276 valence electrons. The highest BCUT2D eigenvalue weighted by molar-refractivity contribution is 5.98. The molecule has 3 aliphatic heterocycles. The number of hydrogen-bond acceptors (Lipinski definition) is 7. The first kappa shape index (κ1) is 39.3. The predicted molar refractivity (Wildman–Crippen MR) is 193 cm³/mol. The van der Waals surface area contributed by atoms with E-state index < -0.39 is 53.2 Å². The molecule has 2 bridgehead atoms. The van der Waals surface area contributed by atoms with Crippen LogP contribution in [0.3, 0.4) is 0 Å². The van der Waals surface area contributed by atoms with E-state index in [1.165, 1.54) is 0 Å². The van der Waals surface area contributed by atoms with Gasteiger partial charge in [0.05, 0.1) is 37.1 Å². The van der Waals surface area contributed by atoms with Crippen molar-refractivity contribution in [2.75, 3.05) is 19.7 Å². The number of hydrogen-bond donors (Lipinski definition) is 2. The lowest BCUT2D eigenvalue weighted by molar-refractivity contribution is -0.161. The van der Waals surface area contributed by atoms with Gasteiger partial charge in [0, 0.05) is 18.5 Å². The van der Waals surface area contributed by atoms with Crippen molar-refractivity contribution >= 4 is 23.7 Å². The second-order valence-electron chi connectivity index (χ2n) is 16.5. The fraction of sp³-hybridized carbons (Fsp3) is 0.650. The monoisotopic (exact) mass is 693 g/mol. The van der Waals surface area contributed by atoms with Gasteiger partial charge < -0.3 is 29.7 Å². The highest BCUT2D eigenvalue weighted by Crippen LogP contribution is 2.59. The van der Waals surface area contributed by atoms with Gasteiger partial charge in [-0.25, -0.2) is 0 Å². The van der Waals surface area contributed by atoms with Crippen molar-refractivity contribution in [3.05, 3.63) is 61.2 Å². The molecule has 10 heteroatoms. The summed E-state index contributed by atoms with van der Waals surface area (Å²) < 4.78 is 12.9. The summed E-state index contributed by atoms with van der Waals surface area (Å²) in [5, 5.41) is 13.6. The van der Waals surface area contributed by atoms with E-state index in [0.29, 0.717) is 37.7 Å². The van der Waals surface area contributed by atoms with Crippen molar-refractivity contribution in [3.8, 4) is 0 Å².